The third-order valence-corrected chi connectivity index (χ3v) is 4.10. The number of amides is 1. The second-order valence-corrected chi connectivity index (χ2v) is 5.65. The van der Waals surface area contributed by atoms with E-state index in [1.807, 2.05) is 30.5 Å². The maximum absolute atomic E-state index is 12.1. The molecule has 0 radical (unpaired) electrons. The number of hydrogen-bond acceptors (Lipinski definition) is 1. The highest BCUT2D eigenvalue weighted by Crippen LogP contribution is 2.17. The summed E-state index contributed by atoms with van der Waals surface area (Å²) in [4.78, 5) is 15.3. The van der Waals surface area contributed by atoms with Crippen LogP contribution in [0.25, 0.3) is 10.9 Å². The molecular formula is C18H21N3O. The first-order chi connectivity index (χ1) is 10.6. The third kappa shape index (κ3) is 2.91. The molecule has 114 valence electrons. The first-order valence-electron chi connectivity index (χ1n) is 7.59. The summed E-state index contributed by atoms with van der Waals surface area (Å²) in [6, 6.07) is 12.3. The Balaban J connectivity index is 1.57. The second kappa shape index (κ2) is 6.10. The Bertz CT molecular complexity index is 778. The highest BCUT2D eigenvalue weighted by atomic mass is 16.1. The number of nitrogens with one attached hydrogen (secondary N) is 2. The monoisotopic (exact) mass is 295 g/mol. The smallest absolute Gasteiger partial charge is 0.224 e. The van der Waals surface area contributed by atoms with E-state index < -0.39 is 0 Å². The molecular weight excluding hydrogens is 274 g/mol. The fourth-order valence-electron chi connectivity index (χ4n) is 2.87. The van der Waals surface area contributed by atoms with Gasteiger partial charge in [-0.3, -0.25) is 4.79 Å². The number of benzene rings is 1. The number of carbonyl (C=O) groups is 1. The summed E-state index contributed by atoms with van der Waals surface area (Å²) in [5.74, 6) is 0.0622. The summed E-state index contributed by atoms with van der Waals surface area (Å²) in [5, 5.41) is 4.12. The van der Waals surface area contributed by atoms with E-state index in [1.54, 1.807) is 0 Å². The molecule has 4 nitrogen and oxygen atoms in total. The minimum atomic E-state index is 0.0622. The first kappa shape index (κ1) is 14.4. The zero-order valence-electron chi connectivity index (χ0n) is 13.0. The van der Waals surface area contributed by atoms with Gasteiger partial charge in [-0.05, 0) is 37.6 Å². The molecule has 2 N–H and O–H groups in total. The molecule has 22 heavy (non-hydrogen) atoms. The Morgan fingerprint density at radius 2 is 1.86 bits per heavy atom. The van der Waals surface area contributed by atoms with Crippen LogP contribution in [0.15, 0.2) is 42.6 Å². The van der Waals surface area contributed by atoms with Crippen molar-refractivity contribution >= 4 is 16.8 Å². The van der Waals surface area contributed by atoms with Crippen LogP contribution >= 0.6 is 0 Å². The maximum atomic E-state index is 12.1. The van der Waals surface area contributed by atoms with E-state index in [4.69, 9.17) is 0 Å². The number of aromatic amines is 1. The number of carbonyl (C=O) groups excluding carboxylic acids is 1. The fourth-order valence-corrected chi connectivity index (χ4v) is 2.87. The lowest BCUT2D eigenvalue weighted by molar-refractivity contribution is -0.120. The van der Waals surface area contributed by atoms with Crippen LogP contribution in [0.2, 0.25) is 0 Å². The van der Waals surface area contributed by atoms with Gasteiger partial charge in [-0.25, -0.2) is 0 Å². The standard InChI is InChI=1S/C18H21N3O/c1-13-7-8-14(2)21(13)10-9-19-18(22)11-15-12-20-17-6-4-3-5-16(15)17/h3-8,12,20H,9-11H2,1-2H3,(H,19,22). The number of para-hydroxylation sites is 1. The molecule has 0 bridgehead atoms. The lowest BCUT2D eigenvalue weighted by atomic mass is 10.1. The zero-order chi connectivity index (χ0) is 15.5. The van der Waals surface area contributed by atoms with Crippen LogP contribution in [0.4, 0.5) is 0 Å². The van der Waals surface area contributed by atoms with Crippen molar-refractivity contribution in [3.63, 3.8) is 0 Å². The van der Waals surface area contributed by atoms with Crippen LogP contribution in [-0.4, -0.2) is 22.0 Å². The Labute approximate surface area is 130 Å². The van der Waals surface area contributed by atoms with Crippen molar-refractivity contribution in [1.29, 1.82) is 0 Å². The Morgan fingerprint density at radius 3 is 2.64 bits per heavy atom. The molecule has 0 spiro atoms. The molecule has 0 unspecified atom stereocenters. The number of hydrogen-bond donors (Lipinski definition) is 2. The quantitative estimate of drug-likeness (QED) is 0.747. The van der Waals surface area contributed by atoms with Crippen LogP contribution in [0.1, 0.15) is 17.0 Å². The lowest BCUT2D eigenvalue weighted by Crippen LogP contribution is -2.29. The molecule has 0 aliphatic rings. The number of H-pyrrole nitrogens is 1. The van der Waals surface area contributed by atoms with E-state index in [9.17, 15) is 4.79 Å². The number of rotatable bonds is 5. The van der Waals surface area contributed by atoms with Gasteiger partial charge in [0.05, 0.1) is 6.42 Å². The van der Waals surface area contributed by atoms with Crippen molar-refractivity contribution in [2.24, 2.45) is 0 Å². The summed E-state index contributed by atoms with van der Waals surface area (Å²) in [6.45, 7) is 5.63. The average Bonchev–Trinajstić information content (AvgIpc) is 3.05. The van der Waals surface area contributed by atoms with E-state index >= 15 is 0 Å². The highest BCUT2D eigenvalue weighted by molar-refractivity contribution is 5.88. The number of aryl methyl sites for hydroxylation is 2. The molecule has 1 amide bonds. The minimum Gasteiger partial charge on any atom is -0.361 e. The van der Waals surface area contributed by atoms with E-state index in [-0.39, 0.29) is 5.91 Å². The normalized spacial score (nSPS) is 11.0. The topological polar surface area (TPSA) is 49.8 Å². The summed E-state index contributed by atoms with van der Waals surface area (Å²) < 4.78 is 2.21. The van der Waals surface area contributed by atoms with Crippen molar-refractivity contribution in [2.75, 3.05) is 6.54 Å². The van der Waals surface area contributed by atoms with Crippen LogP contribution in [0.3, 0.4) is 0 Å². The van der Waals surface area contributed by atoms with E-state index in [1.165, 1.54) is 11.4 Å². The van der Waals surface area contributed by atoms with Crippen LogP contribution in [0, 0.1) is 13.8 Å². The molecule has 0 saturated carbocycles. The predicted molar refractivity (Wildman–Crippen MR) is 88.9 cm³/mol. The van der Waals surface area contributed by atoms with Gasteiger partial charge in [0.25, 0.3) is 0 Å². The van der Waals surface area contributed by atoms with Crippen molar-refractivity contribution in [2.45, 2.75) is 26.8 Å². The van der Waals surface area contributed by atoms with E-state index in [0.29, 0.717) is 13.0 Å². The third-order valence-electron chi connectivity index (χ3n) is 4.10. The molecule has 3 rings (SSSR count). The van der Waals surface area contributed by atoms with Crippen molar-refractivity contribution in [3.05, 3.63) is 59.5 Å². The molecule has 0 saturated heterocycles. The van der Waals surface area contributed by atoms with Gasteiger partial charge in [0.15, 0.2) is 0 Å². The molecule has 2 aromatic heterocycles. The fraction of sp³-hybridized carbons (Fsp3) is 0.278. The van der Waals surface area contributed by atoms with E-state index in [2.05, 4.69) is 40.8 Å². The van der Waals surface area contributed by atoms with Gasteiger partial charge in [-0.2, -0.15) is 0 Å². The molecule has 0 atom stereocenters. The van der Waals surface area contributed by atoms with Gasteiger partial charge in [0.1, 0.15) is 0 Å². The second-order valence-electron chi connectivity index (χ2n) is 5.65. The van der Waals surface area contributed by atoms with Crippen LogP contribution < -0.4 is 5.32 Å². The van der Waals surface area contributed by atoms with Crippen LogP contribution in [0.5, 0.6) is 0 Å². The molecule has 0 aliphatic carbocycles. The van der Waals surface area contributed by atoms with Gasteiger partial charge < -0.3 is 14.9 Å². The van der Waals surface area contributed by atoms with Gasteiger partial charge in [-0.1, -0.05) is 18.2 Å². The largest absolute Gasteiger partial charge is 0.361 e. The molecule has 4 heteroatoms. The summed E-state index contributed by atoms with van der Waals surface area (Å²) in [6.07, 6.45) is 2.33. The molecule has 1 aromatic carbocycles. The van der Waals surface area contributed by atoms with Gasteiger partial charge in [0, 0.05) is 41.6 Å². The molecule has 3 aromatic rings. The average molecular weight is 295 g/mol. The van der Waals surface area contributed by atoms with Gasteiger partial charge in [-0.15, -0.1) is 0 Å². The van der Waals surface area contributed by atoms with Gasteiger partial charge in [0.2, 0.25) is 5.91 Å². The van der Waals surface area contributed by atoms with Crippen LogP contribution in [-0.2, 0) is 17.8 Å². The number of fused-ring (bicyclic) bond motifs is 1. The highest BCUT2D eigenvalue weighted by Gasteiger charge is 2.08. The maximum Gasteiger partial charge on any atom is 0.224 e. The Morgan fingerprint density at radius 1 is 1.14 bits per heavy atom. The summed E-state index contributed by atoms with van der Waals surface area (Å²) in [5.41, 5.74) is 4.57. The first-order valence-corrected chi connectivity index (χ1v) is 7.59. The Hall–Kier alpha value is -2.49. The minimum absolute atomic E-state index is 0.0622. The predicted octanol–water partition coefficient (Wildman–Crippen LogP) is 2.95. The molecule has 2 heterocycles. The lowest BCUT2D eigenvalue weighted by Gasteiger charge is -2.10. The van der Waals surface area contributed by atoms with Crippen molar-refractivity contribution in [3.8, 4) is 0 Å². The summed E-state index contributed by atoms with van der Waals surface area (Å²) in [7, 11) is 0. The molecule has 0 fully saturated rings. The van der Waals surface area contributed by atoms with Crippen molar-refractivity contribution in [1.82, 2.24) is 14.9 Å². The van der Waals surface area contributed by atoms with Gasteiger partial charge >= 0.3 is 0 Å². The SMILES string of the molecule is Cc1ccc(C)n1CCNC(=O)Cc1c[nH]c2ccccc12. The summed E-state index contributed by atoms with van der Waals surface area (Å²) >= 11 is 0. The Kier molecular flexibility index (Phi) is 4.00. The van der Waals surface area contributed by atoms with E-state index in [0.717, 1.165) is 23.0 Å². The number of nitrogens with zero attached hydrogens (tertiary/aromatic N) is 1. The number of aromatic nitrogens is 2. The zero-order valence-corrected chi connectivity index (χ0v) is 13.0. The van der Waals surface area contributed by atoms with Crippen molar-refractivity contribution < 1.29 is 4.79 Å². The molecule has 0 aliphatic heterocycles.